The quantitative estimate of drug-likeness (QED) is 0.885. The first kappa shape index (κ1) is 13.1. The molecular formula is C14H20N2O2. The Morgan fingerprint density at radius 3 is 2.89 bits per heavy atom. The number of benzene rings is 1. The lowest BCUT2D eigenvalue weighted by Crippen LogP contribution is -2.43. The van der Waals surface area contributed by atoms with Gasteiger partial charge < -0.3 is 15.0 Å². The van der Waals surface area contributed by atoms with E-state index in [4.69, 9.17) is 4.74 Å². The molecule has 0 aliphatic carbocycles. The number of rotatable bonds is 3. The van der Waals surface area contributed by atoms with Gasteiger partial charge in [-0.05, 0) is 32.0 Å². The van der Waals surface area contributed by atoms with Gasteiger partial charge in [-0.1, -0.05) is 18.2 Å². The van der Waals surface area contributed by atoms with E-state index in [-0.39, 0.29) is 5.91 Å². The van der Waals surface area contributed by atoms with E-state index in [9.17, 15) is 4.79 Å². The van der Waals surface area contributed by atoms with Crippen LogP contribution in [0.25, 0.3) is 0 Å². The maximum Gasteiger partial charge on any atom is 0.255 e. The van der Waals surface area contributed by atoms with Gasteiger partial charge in [-0.2, -0.15) is 0 Å². The first-order valence-corrected chi connectivity index (χ1v) is 6.29. The Hall–Kier alpha value is -1.39. The number of carbonyl (C=O) groups excluding carboxylic acids is 1. The number of nitrogens with one attached hydrogen (secondary N) is 1. The fraction of sp³-hybridized carbons (Fsp3) is 0.500. The van der Waals surface area contributed by atoms with Gasteiger partial charge in [0.15, 0.2) is 0 Å². The molecule has 0 radical (unpaired) electrons. The molecule has 1 heterocycles. The summed E-state index contributed by atoms with van der Waals surface area (Å²) in [6.45, 7) is 2.52. The number of ether oxygens (including phenoxy) is 1. The van der Waals surface area contributed by atoms with Crippen LogP contribution in [-0.2, 0) is 9.53 Å². The molecule has 2 atom stereocenters. The molecule has 1 aromatic rings. The summed E-state index contributed by atoms with van der Waals surface area (Å²) >= 11 is 0. The maximum atomic E-state index is 12.3. The molecule has 18 heavy (non-hydrogen) atoms. The number of fused-ring (bicyclic) bond motifs is 1. The first-order valence-electron chi connectivity index (χ1n) is 6.29. The zero-order valence-corrected chi connectivity index (χ0v) is 11.1. The summed E-state index contributed by atoms with van der Waals surface area (Å²) in [4.78, 5) is 14.1. The third-order valence-corrected chi connectivity index (χ3v) is 3.56. The summed E-state index contributed by atoms with van der Waals surface area (Å²) in [7, 11) is 3.52. The molecule has 2 rings (SSSR count). The molecule has 1 aromatic carbocycles. The highest BCUT2D eigenvalue weighted by Crippen LogP contribution is 2.33. The van der Waals surface area contributed by atoms with Crippen LogP contribution in [0.4, 0.5) is 5.69 Å². The minimum absolute atomic E-state index is 0.0273. The van der Waals surface area contributed by atoms with Crippen LogP contribution in [0.3, 0.4) is 0 Å². The summed E-state index contributed by atoms with van der Waals surface area (Å²) in [5.41, 5.74) is 2.18. The van der Waals surface area contributed by atoms with Crippen molar-refractivity contribution < 1.29 is 9.53 Å². The second-order valence-electron chi connectivity index (χ2n) is 4.56. The number of nitrogens with zero attached hydrogens (tertiary/aromatic N) is 1. The van der Waals surface area contributed by atoms with Crippen LogP contribution in [-0.4, -0.2) is 32.7 Å². The number of hydrogen-bond acceptors (Lipinski definition) is 3. The molecule has 0 spiro atoms. The molecule has 0 saturated heterocycles. The van der Waals surface area contributed by atoms with E-state index in [1.807, 2.05) is 30.1 Å². The molecular weight excluding hydrogens is 228 g/mol. The molecule has 1 aliphatic heterocycles. The number of carbonyl (C=O) groups is 1. The van der Waals surface area contributed by atoms with Crippen molar-refractivity contribution in [3.05, 3.63) is 29.8 Å². The summed E-state index contributed by atoms with van der Waals surface area (Å²) in [6.07, 6.45) is 0.527. The highest BCUT2D eigenvalue weighted by Gasteiger charge is 2.29. The molecule has 4 nitrogen and oxygen atoms in total. The summed E-state index contributed by atoms with van der Waals surface area (Å²) in [5.74, 6) is 0.0273. The van der Waals surface area contributed by atoms with Crippen LogP contribution in [0.2, 0.25) is 0 Å². The topological polar surface area (TPSA) is 41.6 Å². The Kier molecular flexibility index (Phi) is 3.99. The Balaban J connectivity index is 2.33. The highest BCUT2D eigenvalue weighted by atomic mass is 16.5. The monoisotopic (exact) mass is 248 g/mol. The molecule has 1 N–H and O–H groups in total. The fourth-order valence-corrected chi connectivity index (χ4v) is 2.41. The predicted octanol–water partition coefficient (Wildman–Crippen LogP) is 1.72. The number of amides is 1. The van der Waals surface area contributed by atoms with Crippen molar-refractivity contribution in [3.8, 4) is 0 Å². The minimum Gasteiger partial charge on any atom is -0.372 e. The van der Waals surface area contributed by atoms with Gasteiger partial charge in [-0.3, -0.25) is 4.79 Å². The van der Waals surface area contributed by atoms with Gasteiger partial charge in [-0.15, -0.1) is 0 Å². The van der Waals surface area contributed by atoms with Crippen LogP contribution in [0.1, 0.15) is 24.9 Å². The fourth-order valence-electron chi connectivity index (χ4n) is 2.41. The molecule has 98 valence electrons. The lowest BCUT2D eigenvalue weighted by atomic mass is 9.96. The normalized spacial score (nSPS) is 20.4. The van der Waals surface area contributed by atoms with Gasteiger partial charge in [0.2, 0.25) is 0 Å². The minimum atomic E-state index is -0.399. The van der Waals surface area contributed by atoms with E-state index < -0.39 is 6.10 Å². The van der Waals surface area contributed by atoms with E-state index in [0.717, 1.165) is 18.7 Å². The zero-order chi connectivity index (χ0) is 13.1. The summed E-state index contributed by atoms with van der Waals surface area (Å²) in [6, 6.07) is 8.38. The summed E-state index contributed by atoms with van der Waals surface area (Å²) < 4.78 is 5.13. The van der Waals surface area contributed by atoms with Crippen LogP contribution in [0.15, 0.2) is 24.3 Å². The van der Waals surface area contributed by atoms with Crippen molar-refractivity contribution >= 4 is 11.6 Å². The second-order valence-corrected chi connectivity index (χ2v) is 4.56. The van der Waals surface area contributed by atoms with Crippen LogP contribution in [0.5, 0.6) is 0 Å². The van der Waals surface area contributed by atoms with E-state index in [0.29, 0.717) is 6.04 Å². The van der Waals surface area contributed by atoms with E-state index >= 15 is 0 Å². The molecule has 0 aromatic heterocycles. The van der Waals surface area contributed by atoms with E-state index in [1.54, 1.807) is 14.0 Å². The van der Waals surface area contributed by atoms with Gasteiger partial charge >= 0.3 is 0 Å². The van der Waals surface area contributed by atoms with Crippen molar-refractivity contribution in [2.45, 2.75) is 25.5 Å². The lowest BCUT2D eigenvalue weighted by molar-refractivity contribution is -0.127. The van der Waals surface area contributed by atoms with Crippen molar-refractivity contribution in [2.75, 3.05) is 25.6 Å². The average Bonchev–Trinajstić information content (AvgIpc) is 2.44. The van der Waals surface area contributed by atoms with Crippen molar-refractivity contribution in [2.24, 2.45) is 0 Å². The predicted molar refractivity (Wildman–Crippen MR) is 71.7 cm³/mol. The smallest absolute Gasteiger partial charge is 0.255 e. The van der Waals surface area contributed by atoms with Crippen molar-refractivity contribution in [1.82, 2.24) is 5.32 Å². The maximum absolute atomic E-state index is 12.3. The summed E-state index contributed by atoms with van der Waals surface area (Å²) in [5, 5.41) is 3.29. The van der Waals surface area contributed by atoms with Crippen molar-refractivity contribution in [3.63, 3.8) is 0 Å². The molecule has 0 fully saturated rings. The Morgan fingerprint density at radius 1 is 1.50 bits per heavy atom. The average molecular weight is 248 g/mol. The molecule has 0 bridgehead atoms. The number of methoxy groups -OCH3 is 1. The number of para-hydroxylation sites is 1. The second kappa shape index (κ2) is 5.50. The Bertz CT molecular complexity index is 434. The largest absolute Gasteiger partial charge is 0.372 e. The first-order chi connectivity index (χ1) is 8.69. The van der Waals surface area contributed by atoms with Crippen LogP contribution < -0.4 is 10.2 Å². The van der Waals surface area contributed by atoms with E-state index in [1.165, 1.54) is 5.56 Å². The third-order valence-electron chi connectivity index (χ3n) is 3.56. The van der Waals surface area contributed by atoms with Gasteiger partial charge in [-0.25, -0.2) is 0 Å². The lowest BCUT2D eigenvalue weighted by Gasteiger charge is -2.35. The molecule has 1 amide bonds. The molecule has 4 heteroatoms. The molecule has 1 aliphatic rings. The third kappa shape index (κ3) is 2.26. The van der Waals surface area contributed by atoms with Crippen LogP contribution in [0, 0.1) is 0 Å². The standard InChI is InChI=1S/C14H20N2O2/c1-10(18-3)14(17)16-9-8-12(15-2)11-6-4-5-7-13(11)16/h4-7,10,12,15H,8-9H2,1-3H3. The van der Waals surface area contributed by atoms with Gasteiger partial charge in [0, 0.05) is 25.4 Å². The number of hydrogen-bond donors (Lipinski definition) is 1. The molecule has 0 saturated carbocycles. The van der Waals surface area contributed by atoms with Gasteiger partial charge in [0.05, 0.1) is 0 Å². The Labute approximate surface area is 108 Å². The van der Waals surface area contributed by atoms with Gasteiger partial charge in [0.25, 0.3) is 5.91 Å². The Morgan fingerprint density at radius 2 is 2.22 bits per heavy atom. The molecule has 2 unspecified atom stereocenters. The van der Waals surface area contributed by atoms with Crippen molar-refractivity contribution in [1.29, 1.82) is 0 Å². The number of anilines is 1. The van der Waals surface area contributed by atoms with E-state index in [2.05, 4.69) is 11.4 Å². The van der Waals surface area contributed by atoms with Crippen LogP contribution >= 0.6 is 0 Å². The highest BCUT2D eigenvalue weighted by molar-refractivity contribution is 5.97. The SMILES string of the molecule is CNC1CCN(C(=O)C(C)OC)c2ccccc21. The zero-order valence-electron chi connectivity index (χ0n) is 11.1. The van der Waals surface area contributed by atoms with Gasteiger partial charge in [0.1, 0.15) is 6.10 Å².